The van der Waals surface area contributed by atoms with E-state index in [0.717, 1.165) is 0 Å². The maximum Gasteiger partial charge on any atom is 0.353 e. The molecule has 0 spiro atoms. The number of carbonyl (C=O) groups is 1. The zero-order chi connectivity index (χ0) is 9.94. The summed E-state index contributed by atoms with van der Waals surface area (Å²) in [7, 11) is -1.27. The summed E-state index contributed by atoms with van der Waals surface area (Å²) in [5, 5.41) is 6.56. The summed E-state index contributed by atoms with van der Waals surface area (Å²) < 4.78 is 5.03. The van der Waals surface area contributed by atoms with Gasteiger partial charge in [-0.2, -0.15) is 0 Å². The van der Waals surface area contributed by atoms with Crippen LogP contribution >= 0.6 is 10.9 Å². The van der Waals surface area contributed by atoms with Gasteiger partial charge in [0.25, 0.3) is 0 Å². The Bertz CT molecular complexity index is 198. The highest BCUT2D eigenvalue weighted by Crippen LogP contribution is 2.25. The molecule has 0 aromatic carbocycles. The molecule has 0 bridgehead atoms. The van der Waals surface area contributed by atoms with E-state index in [0.29, 0.717) is 0 Å². The normalized spacial score (nSPS) is 15.2. The van der Waals surface area contributed by atoms with E-state index in [4.69, 9.17) is 15.9 Å². The first-order chi connectivity index (χ1) is 5.24. The van der Waals surface area contributed by atoms with Crippen molar-refractivity contribution < 1.29 is 9.53 Å². The van der Waals surface area contributed by atoms with Crippen LogP contribution in [0.25, 0.3) is 0 Å². The molecule has 0 amide bonds. The summed E-state index contributed by atoms with van der Waals surface area (Å²) >= 11 is 0. The van der Waals surface area contributed by atoms with Gasteiger partial charge >= 0.3 is 5.30 Å². The third-order valence-corrected chi connectivity index (χ3v) is 2.39. The molecule has 0 aromatic rings. The van der Waals surface area contributed by atoms with Crippen LogP contribution in [0.5, 0.6) is 0 Å². The second-order valence-electron chi connectivity index (χ2n) is 3.42. The minimum atomic E-state index is -1.27. The smallest absolute Gasteiger partial charge is 0.353 e. The van der Waals surface area contributed by atoms with Crippen molar-refractivity contribution in [1.29, 1.82) is 5.41 Å². The van der Waals surface area contributed by atoms with Gasteiger partial charge in [0.1, 0.15) is 10.8 Å². The van der Waals surface area contributed by atoms with Crippen molar-refractivity contribution in [2.75, 3.05) is 6.26 Å². The largest absolute Gasteiger partial charge is 0.453 e. The van der Waals surface area contributed by atoms with Crippen molar-refractivity contribution in [3.8, 4) is 0 Å². The predicted molar refractivity (Wildman–Crippen MR) is 53.1 cm³/mol. The molecule has 0 heterocycles. The topological polar surface area (TPSA) is 76.2 Å². The van der Waals surface area contributed by atoms with Crippen molar-refractivity contribution in [2.45, 2.75) is 26.4 Å². The van der Waals surface area contributed by atoms with Crippen LogP contribution in [0.15, 0.2) is 0 Å². The third-order valence-electron chi connectivity index (χ3n) is 1.03. The number of nitrogens with one attached hydrogen (secondary N) is 1. The minimum absolute atomic E-state index is 0.0979. The predicted octanol–water partition coefficient (Wildman–Crippen LogP) is 1.45. The lowest BCUT2D eigenvalue weighted by Crippen LogP contribution is -2.25. The first-order valence-corrected chi connectivity index (χ1v) is 5.33. The highest BCUT2D eigenvalue weighted by atomic mass is 32.2. The molecule has 1 atom stereocenters. The fraction of sp³-hybridized carbons (Fsp3) is 0.714. The van der Waals surface area contributed by atoms with Crippen LogP contribution in [0.4, 0.5) is 4.79 Å². The number of thiol groups is 1. The number of ether oxygens (including phenoxy) is 1. The first kappa shape index (κ1) is 11.3. The molecule has 0 saturated heterocycles. The molecule has 0 fully saturated rings. The van der Waals surface area contributed by atoms with E-state index in [1.807, 2.05) is 0 Å². The van der Waals surface area contributed by atoms with Crippen LogP contribution in [0.3, 0.4) is 0 Å². The second kappa shape index (κ2) is 3.80. The maximum atomic E-state index is 11.2. The molecule has 3 N–H and O–H groups in total. The van der Waals surface area contributed by atoms with Gasteiger partial charge in [-0.1, -0.05) is 0 Å². The van der Waals surface area contributed by atoms with Gasteiger partial charge in [-0.15, -0.1) is 10.9 Å². The van der Waals surface area contributed by atoms with Crippen LogP contribution in [-0.2, 0) is 4.74 Å². The molecular weight excluding hydrogens is 176 g/mol. The molecular formula is C7H16N2O2S. The summed E-state index contributed by atoms with van der Waals surface area (Å²) in [6.07, 6.45) is 1.62. The van der Waals surface area contributed by atoms with Gasteiger partial charge in [0.2, 0.25) is 0 Å². The van der Waals surface area contributed by atoms with E-state index >= 15 is 0 Å². The Morgan fingerprint density at radius 1 is 1.50 bits per heavy atom. The van der Waals surface area contributed by atoms with Gasteiger partial charge in [-0.3, -0.25) is 5.41 Å². The third kappa shape index (κ3) is 4.23. The number of amidine groups is 1. The van der Waals surface area contributed by atoms with E-state index in [2.05, 4.69) is 0 Å². The summed E-state index contributed by atoms with van der Waals surface area (Å²) in [6.45, 7) is 5.36. The lowest BCUT2D eigenvalue weighted by molar-refractivity contribution is 0.0736. The number of rotatable bonds is 0. The Morgan fingerprint density at radius 2 is 1.92 bits per heavy atom. The number of nitrogens with two attached hydrogens (primary N) is 1. The van der Waals surface area contributed by atoms with Crippen LogP contribution in [0.1, 0.15) is 20.8 Å². The lowest BCUT2D eigenvalue weighted by Gasteiger charge is -2.22. The fourth-order valence-electron chi connectivity index (χ4n) is 0.429. The molecule has 0 saturated carbocycles. The van der Waals surface area contributed by atoms with E-state index in [9.17, 15) is 4.79 Å². The molecule has 0 aliphatic carbocycles. The lowest BCUT2D eigenvalue weighted by atomic mass is 10.2. The first-order valence-electron chi connectivity index (χ1n) is 3.55. The molecule has 0 rings (SSSR count). The summed E-state index contributed by atoms with van der Waals surface area (Å²) in [4.78, 5) is 11.2. The van der Waals surface area contributed by atoms with Crippen LogP contribution < -0.4 is 5.73 Å². The van der Waals surface area contributed by atoms with Gasteiger partial charge in [-0.25, -0.2) is 4.79 Å². The van der Waals surface area contributed by atoms with Crippen molar-refractivity contribution in [3.05, 3.63) is 0 Å². The quantitative estimate of drug-likeness (QED) is 0.235. The molecule has 0 aliphatic rings. The van der Waals surface area contributed by atoms with Crippen LogP contribution in [0.2, 0.25) is 0 Å². The van der Waals surface area contributed by atoms with Crippen molar-refractivity contribution in [3.63, 3.8) is 0 Å². The summed E-state index contributed by atoms with van der Waals surface area (Å²) in [6, 6.07) is 0. The Kier molecular flexibility index (Phi) is 3.57. The van der Waals surface area contributed by atoms with E-state index in [1.54, 1.807) is 27.0 Å². The molecule has 72 valence electrons. The van der Waals surface area contributed by atoms with Gasteiger partial charge in [0.05, 0.1) is 0 Å². The van der Waals surface area contributed by atoms with Crippen molar-refractivity contribution >= 4 is 21.4 Å². The molecule has 4 nitrogen and oxygen atoms in total. The second-order valence-corrected chi connectivity index (χ2v) is 5.39. The number of carbonyl (C=O) groups excluding carboxylic acids is 1. The highest BCUT2D eigenvalue weighted by molar-refractivity contribution is 8.40. The standard InChI is InChI=1S/C7H16N2O2S/c1-7(2,3)11-6(10)12(4)5(8)9/h12H,1-4H3,(H3,8,9). The van der Waals surface area contributed by atoms with Crippen LogP contribution in [-0.4, -0.2) is 22.3 Å². The van der Waals surface area contributed by atoms with E-state index in [-0.39, 0.29) is 10.5 Å². The van der Waals surface area contributed by atoms with Gasteiger partial charge in [-0.05, 0) is 27.0 Å². The summed E-state index contributed by atoms with van der Waals surface area (Å²) in [5.41, 5.74) is 4.67. The average Bonchev–Trinajstić information content (AvgIpc) is 1.82. The van der Waals surface area contributed by atoms with Crippen molar-refractivity contribution in [1.82, 2.24) is 0 Å². The SMILES string of the molecule is C[SH](C(=N)N)C(=O)OC(C)(C)C. The van der Waals surface area contributed by atoms with Crippen molar-refractivity contribution in [2.24, 2.45) is 5.73 Å². The molecule has 12 heavy (non-hydrogen) atoms. The highest BCUT2D eigenvalue weighted by Gasteiger charge is 2.20. The molecule has 0 aromatic heterocycles. The van der Waals surface area contributed by atoms with Crippen LogP contribution in [0, 0.1) is 5.41 Å². The number of hydrogen-bond acceptors (Lipinski definition) is 3. The molecule has 0 radical (unpaired) electrons. The average molecular weight is 192 g/mol. The molecule has 5 heteroatoms. The van der Waals surface area contributed by atoms with E-state index < -0.39 is 16.5 Å². The summed E-state index contributed by atoms with van der Waals surface area (Å²) in [5.74, 6) is 0. The zero-order valence-corrected chi connectivity index (χ0v) is 8.74. The monoisotopic (exact) mass is 192 g/mol. The number of hydrogen-bond donors (Lipinski definition) is 3. The Labute approximate surface area is 75.3 Å². The molecule has 1 unspecified atom stereocenters. The zero-order valence-electron chi connectivity index (χ0n) is 7.84. The Hall–Kier alpha value is -0.710. The van der Waals surface area contributed by atoms with E-state index in [1.165, 1.54) is 0 Å². The molecule has 0 aliphatic heterocycles. The fourth-order valence-corrected chi connectivity index (χ4v) is 1.04. The van der Waals surface area contributed by atoms with Gasteiger partial charge in [0.15, 0.2) is 0 Å². The van der Waals surface area contributed by atoms with Gasteiger partial charge in [0, 0.05) is 0 Å². The minimum Gasteiger partial charge on any atom is -0.453 e. The Balaban J connectivity index is 4.15. The maximum absolute atomic E-state index is 11.2. The van der Waals surface area contributed by atoms with Gasteiger partial charge < -0.3 is 10.5 Å². The Morgan fingerprint density at radius 3 is 2.17 bits per heavy atom.